The molecule has 0 heterocycles. The Balaban J connectivity index is 3.42. The Morgan fingerprint density at radius 2 is 2.00 bits per heavy atom. The van der Waals surface area contributed by atoms with Crippen LogP contribution in [0, 0.1) is 0 Å². The van der Waals surface area contributed by atoms with Gasteiger partial charge in [0.25, 0.3) is 0 Å². The van der Waals surface area contributed by atoms with Gasteiger partial charge >= 0.3 is 6.18 Å². The average molecular weight is 241 g/mol. The summed E-state index contributed by atoms with van der Waals surface area (Å²) in [5.74, 6) is -0.433. The van der Waals surface area contributed by atoms with Crippen LogP contribution < -0.4 is 4.74 Å². The fraction of sp³-hybridized carbons (Fsp3) is 0.333. The molecule has 0 aliphatic heterocycles. The van der Waals surface area contributed by atoms with Crippen LogP contribution in [0.25, 0.3) is 0 Å². The third-order valence-electron chi connectivity index (χ3n) is 1.87. The van der Waals surface area contributed by atoms with Crippen molar-refractivity contribution in [2.75, 3.05) is 7.11 Å². The number of halogens is 4. The maximum atomic E-state index is 12.5. The van der Waals surface area contributed by atoms with E-state index in [9.17, 15) is 13.2 Å². The van der Waals surface area contributed by atoms with Gasteiger partial charge in [-0.15, -0.1) is 0 Å². The molecule has 0 saturated carbocycles. The number of methoxy groups -OCH3 is 1. The van der Waals surface area contributed by atoms with Crippen molar-refractivity contribution >= 4 is 11.6 Å². The summed E-state index contributed by atoms with van der Waals surface area (Å²) in [5, 5.41) is 8.93. The number of alkyl halides is 3. The number of rotatable bonds is 2. The van der Waals surface area contributed by atoms with E-state index in [1.165, 1.54) is 0 Å². The SMILES string of the molecule is COc1c(C(F)(F)F)ccc(Cl)c1CO. The Morgan fingerprint density at radius 3 is 2.40 bits per heavy atom. The molecular weight excluding hydrogens is 233 g/mol. The van der Waals surface area contributed by atoms with Crippen LogP contribution >= 0.6 is 11.6 Å². The number of aliphatic hydroxyl groups is 1. The van der Waals surface area contributed by atoms with E-state index in [4.69, 9.17) is 16.7 Å². The Labute approximate surface area is 89.2 Å². The van der Waals surface area contributed by atoms with Gasteiger partial charge in [-0.05, 0) is 12.1 Å². The molecule has 0 bridgehead atoms. The van der Waals surface area contributed by atoms with Crippen molar-refractivity contribution in [2.45, 2.75) is 12.8 Å². The second-order valence-electron chi connectivity index (χ2n) is 2.76. The van der Waals surface area contributed by atoms with Gasteiger partial charge in [-0.25, -0.2) is 0 Å². The predicted molar refractivity (Wildman–Crippen MR) is 48.9 cm³/mol. The van der Waals surface area contributed by atoms with Crippen molar-refractivity contribution in [3.8, 4) is 5.75 Å². The van der Waals surface area contributed by atoms with Gasteiger partial charge in [0.05, 0.1) is 19.3 Å². The van der Waals surface area contributed by atoms with E-state index in [2.05, 4.69) is 4.74 Å². The highest BCUT2D eigenvalue weighted by atomic mass is 35.5. The Morgan fingerprint density at radius 1 is 1.40 bits per heavy atom. The highest BCUT2D eigenvalue weighted by Crippen LogP contribution is 2.40. The first-order chi connectivity index (χ1) is 6.91. The van der Waals surface area contributed by atoms with Crippen LogP contribution in [0.5, 0.6) is 5.75 Å². The number of aliphatic hydroxyl groups excluding tert-OH is 1. The molecule has 1 aromatic rings. The normalized spacial score (nSPS) is 11.6. The quantitative estimate of drug-likeness (QED) is 0.861. The summed E-state index contributed by atoms with van der Waals surface area (Å²) in [6.07, 6.45) is -4.53. The van der Waals surface area contributed by atoms with Gasteiger partial charge in [0, 0.05) is 10.6 Å². The summed E-state index contributed by atoms with van der Waals surface area (Å²) in [5.41, 5.74) is -1.01. The van der Waals surface area contributed by atoms with E-state index in [0.717, 1.165) is 19.2 Å². The van der Waals surface area contributed by atoms with Gasteiger partial charge in [-0.3, -0.25) is 0 Å². The van der Waals surface area contributed by atoms with E-state index >= 15 is 0 Å². The van der Waals surface area contributed by atoms with Crippen molar-refractivity contribution in [1.82, 2.24) is 0 Å². The van der Waals surface area contributed by atoms with E-state index in [0.29, 0.717) is 0 Å². The molecule has 1 N–H and O–H groups in total. The number of benzene rings is 1. The third kappa shape index (κ3) is 2.35. The molecule has 84 valence electrons. The molecule has 0 radical (unpaired) electrons. The van der Waals surface area contributed by atoms with Crippen LogP contribution in [0.4, 0.5) is 13.2 Å². The molecule has 0 aliphatic rings. The van der Waals surface area contributed by atoms with E-state index in [1.54, 1.807) is 0 Å². The van der Waals surface area contributed by atoms with Gasteiger partial charge in [-0.2, -0.15) is 13.2 Å². The van der Waals surface area contributed by atoms with Crippen molar-refractivity contribution in [1.29, 1.82) is 0 Å². The lowest BCUT2D eigenvalue weighted by Crippen LogP contribution is -2.09. The molecule has 1 aromatic carbocycles. The number of hydrogen-bond donors (Lipinski definition) is 1. The lowest BCUT2D eigenvalue weighted by atomic mass is 10.1. The maximum Gasteiger partial charge on any atom is 0.419 e. The Hall–Kier alpha value is -0.940. The van der Waals surface area contributed by atoms with Crippen LogP contribution in [-0.4, -0.2) is 12.2 Å². The van der Waals surface area contributed by atoms with Gasteiger partial charge in [0.1, 0.15) is 5.75 Å². The minimum absolute atomic E-state index is 0.0438. The lowest BCUT2D eigenvalue weighted by molar-refractivity contribution is -0.138. The smallest absolute Gasteiger partial charge is 0.419 e. The molecule has 0 atom stereocenters. The van der Waals surface area contributed by atoms with Gasteiger partial charge in [0.15, 0.2) is 0 Å². The standard InChI is InChI=1S/C9H8ClF3O2/c1-15-8-5(4-14)7(10)3-2-6(8)9(11,12)13/h2-3,14H,4H2,1H3. The molecule has 0 unspecified atom stereocenters. The van der Waals surface area contributed by atoms with E-state index in [1.807, 2.05) is 0 Å². The average Bonchev–Trinajstić information content (AvgIpc) is 2.15. The van der Waals surface area contributed by atoms with Gasteiger partial charge in [-0.1, -0.05) is 11.6 Å². The molecule has 6 heteroatoms. The number of hydrogen-bond acceptors (Lipinski definition) is 2. The highest BCUT2D eigenvalue weighted by molar-refractivity contribution is 6.31. The van der Waals surface area contributed by atoms with Crippen molar-refractivity contribution in [3.63, 3.8) is 0 Å². The van der Waals surface area contributed by atoms with Crippen LogP contribution in [0.3, 0.4) is 0 Å². The zero-order valence-electron chi connectivity index (χ0n) is 7.73. The van der Waals surface area contributed by atoms with Crippen LogP contribution in [0.15, 0.2) is 12.1 Å². The Kier molecular flexibility index (Phi) is 3.46. The largest absolute Gasteiger partial charge is 0.496 e. The van der Waals surface area contributed by atoms with Crippen molar-refractivity contribution < 1.29 is 23.0 Å². The molecule has 2 nitrogen and oxygen atoms in total. The van der Waals surface area contributed by atoms with Gasteiger partial charge < -0.3 is 9.84 Å². The fourth-order valence-corrected chi connectivity index (χ4v) is 1.42. The minimum Gasteiger partial charge on any atom is -0.496 e. The molecule has 0 aliphatic carbocycles. The van der Waals surface area contributed by atoms with Crippen LogP contribution in [-0.2, 0) is 12.8 Å². The summed E-state index contributed by atoms with van der Waals surface area (Å²) >= 11 is 5.62. The molecule has 0 saturated heterocycles. The summed E-state index contributed by atoms with van der Waals surface area (Å²) in [6, 6.07) is 1.90. The summed E-state index contributed by atoms with van der Waals surface area (Å²) in [4.78, 5) is 0. The van der Waals surface area contributed by atoms with E-state index in [-0.39, 0.29) is 10.6 Å². The minimum atomic E-state index is -4.53. The van der Waals surface area contributed by atoms with Crippen LogP contribution in [0.1, 0.15) is 11.1 Å². The molecule has 1 rings (SSSR count). The summed E-state index contributed by atoms with van der Waals surface area (Å²) in [7, 11) is 1.10. The first-order valence-corrected chi connectivity index (χ1v) is 4.33. The molecule has 0 fully saturated rings. The summed E-state index contributed by atoms with van der Waals surface area (Å²) < 4.78 is 42.0. The molecule has 0 spiro atoms. The summed E-state index contributed by atoms with van der Waals surface area (Å²) in [6.45, 7) is -0.605. The van der Waals surface area contributed by atoms with Crippen molar-refractivity contribution in [2.24, 2.45) is 0 Å². The molecule has 0 aromatic heterocycles. The first kappa shape index (κ1) is 12.1. The first-order valence-electron chi connectivity index (χ1n) is 3.95. The van der Waals surface area contributed by atoms with E-state index < -0.39 is 24.1 Å². The monoisotopic (exact) mass is 240 g/mol. The van der Waals surface area contributed by atoms with Gasteiger partial charge in [0.2, 0.25) is 0 Å². The van der Waals surface area contributed by atoms with Crippen molar-refractivity contribution in [3.05, 3.63) is 28.3 Å². The van der Waals surface area contributed by atoms with Crippen LogP contribution in [0.2, 0.25) is 5.02 Å². The second-order valence-corrected chi connectivity index (χ2v) is 3.17. The Bertz CT molecular complexity index is 363. The molecule has 0 amide bonds. The lowest BCUT2D eigenvalue weighted by Gasteiger charge is -2.15. The number of ether oxygens (including phenoxy) is 1. The fourth-order valence-electron chi connectivity index (χ4n) is 1.21. The zero-order chi connectivity index (χ0) is 11.6. The maximum absolute atomic E-state index is 12.5. The zero-order valence-corrected chi connectivity index (χ0v) is 8.49. The third-order valence-corrected chi connectivity index (χ3v) is 2.23. The predicted octanol–water partition coefficient (Wildman–Crippen LogP) is 2.86. The highest BCUT2D eigenvalue weighted by Gasteiger charge is 2.35. The second kappa shape index (κ2) is 4.28. The molecular formula is C9H8ClF3O2. The topological polar surface area (TPSA) is 29.5 Å². The molecule has 15 heavy (non-hydrogen) atoms.